The number of nitrogens with zero attached hydrogens (tertiary/aromatic N) is 1. The molecule has 0 saturated carbocycles. The monoisotopic (exact) mass is 242 g/mol. The molecule has 2 rings (SSSR count). The van der Waals surface area contributed by atoms with E-state index in [1.807, 2.05) is 0 Å². The largest absolute Gasteiger partial charge is 0.440 e. The van der Waals surface area contributed by atoms with Gasteiger partial charge < -0.3 is 10.2 Å². The number of nitrogen functional groups attached to an aromatic ring is 1. The number of benzene rings is 1. The molecule has 0 amide bonds. The summed E-state index contributed by atoms with van der Waals surface area (Å²) in [7, 11) is 0. The molecule has 16 heavy (non-hydrogen) atoms. The summed E-state index contributed by atoms with van der Waals surface area (Å²) in [6.07, 6.45) is 0.282. The van der Waals surface area contributed by atoms with Gasteiger partial charge >= 0.3 is 0 Å². The van der Waals surface area contributed by atoms with Gasteiger partial charge in [0.1, 0.15) is 6.26 Å². The zero-order chi connectivity index (χ0) is 11.5. The normalized spacial score (nSPS) is 10.9. The summed E-state index contributed by atoms with van der Waals surface area (Å²) in [4.78, 5) is 4.25. The lowest BCUT2D eigenvalue weighted by molar-refractivity contribution is 0.148. The van der Waals surface area contributed by atoms with Gasteiger partial charge in [-0.1, -0.05) is 0 Å². The highest BCUT2D eigenvalue weighted by molar-refractivity contribution is 7.99. The number of anilines is 1. The van der Waals surface area contributed by atoms with Crippen LogP contribution in [0, 0.1) is 0 Å². The Bertz CT molecular complexity index is 474. The Morgan fingerprint density at radius 1 is 1.38 bits per heavy atom. The second-order valence-electron chi connectivity index (χ2n) is 3.00. The molecule has 0 atom stereocenters. The van der Waals surface area contributed by atoms with E-state index in [0.717, 1.165) is 11.8 Å². The van der Waals surface area contributed by atoms with Crippen molar-refractivity contribution in [2.24, 2.45) is 0 Å². The fourth-order valence-corrected chi connectivity index (χ4v) is 1.99. The smallest absolute Gasteiger partial charge is 0.265 e. The van der Waals surface area contributed by atoms with Crippen LogP contribution in [0.25, 0.3) is 0 Å². The SMILES string of the molecule is Nc1ccc(Sc2ncco2)c(C(F)F)c1. The lowest BCUT2D eigenvalue weighted by Gasteiger charge is -2.07. The molecule has 1 heterocycles. The van der Waals surface area contributed by atoms with Gasteiger partial charge in [0.2, 0.25) is 0 Å². The zero-order valence-corrected chi connectivity index (χ0v) is 8.88. The molecule has 0 aliphatic heterocycles. The van der Waals surface area contributed by atoms with Crippen molar-refractivity contribution in [3.63, 3.8) is 0 Å². The van der Waals surface area contributed by atoms with Gasteiger partial charge in [-0.3, -0.25) is 0 Å². The van der Waals surface area contributed by atoms with Crippen LogP contribution in [0.5, 0.6) is 0 Å². The maximum atomic E-state index is 12.7. The first kappa shape index (κ1) is 10.9. The third-order valence-corrected chi connectivity index (χ3v) is 2.84. The standard InChI is InChI=1S/C10H8F2N2OS/c11-9(12)7-5-6(13)1-2-8(7)16-10-14-3-4-15-10/h1-5,9H,13H2. The Morgan fingerprint density at radius 3 is 2.81 bits per heavy atom. The van der Waals surface area contributed by atoms with Crippen LogP contribution in [0.2, 0.25) is 0 Å². The third-order valence-electron chi connectivity index (χ3n) is 1.88. The third kappa shape index (κ3) is 2.33. The van der Waals surface area contributed by atoms with Crippen molar-refractivity contribution >= 4 is 17.4 Å². The van der Waals surface area contributed by atoms with Gasteiger partial charge in [0.15, 0.2) is 0 Å². The molecular weight excluding hydrogens is 234 g/mol. The summed E-state index contributed by atoms with van der Waals surface area (Å²) >= 11 is 1.04. The van der Waals surface area contributed by atoms with Crippen molar-refractivity contribution in [3.8, 4) is 0 Å². The van der Waals surface area contributed by atoms with Crippen molar-refractivity contribution in [2.75, 3.05) is 5.73 Å². The van der Waals surface area contributed by atoms with Crippen molar-refractivity contribution in [1.82, 2.24) is 4.98 Å². The molecular formula is C10H8F2N2OS. The predicted octanol–water partition coefficient (Wildman–Crippen LogP) is 3.35. The van der Waals surface area contributed by atoms with Gasteiger partial charge in [-0.15, -0.1) is 0 Å². The number of hydrogen-bond donors (Lipinski definition) is 1. The second kappa shape index (κ2) is 4.52. The molecule has 0 bridgehead atoms. The number of alkyl halides is 2. The van der Waals surface area contributed by atoms with Crippen LogP contribution in [0.15, 0.2) is 45.2 Å². The fourth-order valence-electron chi connectivity index (χ4n) is 1.19. The van der Waals surface area contributed by atoms with Crippen LogP contribution in [-0.2, 0) is 0 Å². The van der Waals surface area contributed by atoms with E-state index in [4.69, 9.17) is 10.2 Å². The van der Waals surface area contributed by atoms with Crippen molar-refractivity contribution in [2.45, 2.75) is 16.5 Å². The van der Waals surface area contributed by atoms with Crippen LogP contribution in [0.3, 0.4) is 0 Å². The van der Waals surface area contributed by atoms with Crippen LogP contribution >= 0.6 is 11.8 Å². The highest BCUT2D eigenvalue weighted by atomic mass is 32.2. The molecule has 3 nitrogen and oxygen atoms in total. The minimum atomic E-state index is -2.57. The van der Waals surface area contributed by atoms with Gasteiger partial charge in [-0.25, -0.2) is 13.8 Å². The fraction of sp³-hybridized carbons (Fsp3) is 0.100. The Kier molecular flexibility index (Phi) is 3.09. The molecule has 0 fully saturated rings. The number of aromatic nitrogens is 1. The first-order valence-corrected chi connectivity index (χ1v) is 5.23. The summed E-state index contributed by atoms with van der Waals surface area (Å²) in [5.74, 6) is 0. The number of rotatable bonds is 3. The highest BCUT2D eigenvalue weighted by Crippen LogP contribution is 2.35. The lowest BCUT2D eigenvalue weighted by Crippen LogP contribution is -1.92. The summed E-state index contributed by atoms with van der Waals surface area (Å²) in [6.45, 7) is 0. The zero-order valence-electron chi connectivity index (χ0n) is 8.06. The van der Waals surface area contributed by atoms with Gasteiger partial charge in [0.05, 0.1) is 6.20 Å². The summed E-state index contributed by atoms with van der Waals surface area (Å²) in [6, 6.07) is 4.36. The van der Waals surface area contributed by atoms with Crippen LogP contribution in [-0.4, -0.2) is 4.98 Å². The summed E-state index contributed by atoms with van der Waals surface area (Å²) < 4.78 is 30.4. The molecule has 0 unspecified atom stereocenters. The Hall–Kier alpha value is -1.56. The van der Waals surface area contributed by atoms with E-state index in [1.165, 1.54) is 24.6 Å². The highest BCUT2D eigenvalue weighted by Gasteiger charge is 2.15. The molecule has 0 radical (unpaired) electrons. The molecule has 1 aromatic heterocycles. The summed E-state index contributed by atoms with van der Waals surface area (Å²) in [5, 5.41) is 0.326. The number of nitrogens with two attached hydrogens (primary N) is 1. The van der Waals surface area contributed by atoms with Crippen LogP contribution < -0.4 is 5.73 Å². The Labute approximate surface area is 94.7 Å². The average Bonchev–Trinajstić information content (AvgIpc) is 2.73. The Morgan fingerprint density at radius 2 is 2.19 bits per heavy atom. The maximum Gasteiger partial charge on any atom is 0.265 e. The quantitative estimate of drug-likeness (QED) is 0.838. The van der Waals surface area contributed by atoms with E-state index in [1.54, 1.807) is 6.07 Å². The molecule has 0 aliphatic carbocycles. The van der Waals surface area contributed by atoms with Crippen molar-refractivity contribution in [1.29, 1.82) is 0 Å². The number of halogens is 2. The first-order chi connectivity index (χ1) is 7.66. The molecule has 1 aromatic carbocycles. The molecule has 84 valence electrons. The predicted molar refractivity (Wildman–Crippen MR) is 56.4 cm³/mol. The lowest BCUT2D eigenvalue weighted by atomic mass is 10.2. The second-order valence-corrected chi connectivity index (χ2v) is 3.99. The van der Waals surface area contributed by atoms with Gasteiger partial charge in [-0.2, -0.15) is 0 Å². The van der Waals surface area contributed by atoms with Gasteiger partial charge in [-0.05, 0) is 30.0 Å². The molecule has 0 spiro atoms. The van der Waals surface area contributed by atoms with Crippen molar-refractivity contribution in [3.05, 3.63) is 36.2 Å². The summed E-state index contributed by atoms with van der Waals surface area (Å²) in [5.41, 5.74) is 5.66. The van der Waals surface area contributed by atoms with E-state index >= 15 is 0 Å². The molecule has 6 heteroatoms. The molecule has 2 aromatic rings. The van der Waals surface area contributed by atoms with E-state index in [0.29, 0.717) is 15.8 Å². The van der Waals surface area contributed by atoms with Crippen LogP contribution in [0.1, 0.15) is 12.0 Å². The molecule has 2 N–H and O–H groups in total. The number of oxazole rings is 1. The Balaban J connectivity index is 2.33. The van der Waals surface area contributed by atoms with E-state index in [-0.39, 0.29) is 5.56 Å². The number of hydrogen-bond acceptors (Lipinski definition) is 4. The molecule has 0 saturated heterocycles. The van der Waals surface area contributed by atoms with Gasteiger partial charge in [0.25, 0.3) is 11.6 Å². The molecule has 0 aliphatic rings. The van der Waals surface area contributed by atoms with E-state index in [2.05, 4.69) is 4.98 Å². The first-order valence-electron chi connectivity index (χ1n) is 4.42. The maximum absolute atomic E-state index is 12.7. The average molecular weight is 242 g/mol. The topological polar surface area (TPSA) is 52.0 Å². The minimum absolute atomic E-state index is 0.108. The van der Waals surface area contributed by atoms with E-state index in [9.17, 15) is 8.78 Å². The van der Waals surface area contributed by atoms with E-state index < -0.39 is 6.43 Å². The van der Waals surface area contributed by atoms with Gasteiger partial charge in [0, 0.05) is 16.1 Å². The minimum Gasteiger partial charge on any atom is -0.440 e. The van der Waals surface area contributed by atoms with Crippen molar-refractivity contribution < 1.29 is 13.2 Å². The van der Waals surface area contributed by atoms with Crippen LogP contribution in [0.4, 0.5) is 14.5 Å².